The van der Waals surface area contributed by atoms with E-state index in [2.05, 4.69) is 9.50 Å². The van der Waals surface area contributed by atoms with E-state index in [0.29, 0.717) is 6.26 Å². The van der Waals surface area contributed by atoms with Crippen LogP contribution in [0.2, 0.25) is 0 Å². The Labute approximate surface area is 88.2 Å². The van der Waals surface area contributed by atoms with Gasteiger partial charge < -0.3 is 15.2 Å². The lowest BCUT2D eigenvalue weighted by atomic mass is 10.1. The van der Waals surface area contributed by atoms with Crippen LogP contribution in [0, 0.1) is 0 Å². The number of amides is 1. The normalized spacial score (nSPS) is 14.7. The van der Waals surface area contributed by atoms with Gasteiger partial charge in [-0.05, 0) is 20.4 Å². The summed E-state index contributed by atoms with van der Waals surface area (Å²) >= 11 is 0. The number of nitrogens with one attached hydrogen (secondary N) is 1. The molecule has 0 aromatic rings. The highest BCUT2D eigenvalue weighted by Gasteiger charge is 2.11. The molecule has 0 aliphatic heterocycles. The van der Waals surface area contributed by atoms with Gasteiger partial charge in [0, 0.05) is 6.04 Å². The summed E-state index contributed by atoms with van der Waals surface area (Å²) in [6.45, 7) is 1.77. The summed E-state index contributed by atoms with van der Waals surface area (Å²) in [5, 5.41) is 2.83. The monoisotopic (exact) mass is 238 g/mol. The van der Waals surface area contributed by atoms with Gasteiger partial charge in [-0.25, -0.2) is 0 Å². The third-order valence-electron chi connectivity index (χ3n) is 1.65. The summed E-state index contributed by atoms with van der Waals surface area (Å²) in [5.41, 5.74) is 4.94. The molecule has 1 amide bonds. The number of carbonyl (C=O) groups is 1. The van der Waals surface area contributed by atoms with Gasteiger partial charge in [-0.15, -0.1) is 0 Å². The van der Waals surface area contributed by atoms with Crippen molar-refractivity contribution in [2.24, 2.45) is 5.73 Å². The van der Waals surface area contributed by atoms with E-state index in [1.807, 2.05) is 0 Å². The van der Waals surface area contributed by atoms with Gasteiger partial charge in [-0.2, -0.15) is 8.42 Å². The minimum Gasteiger partial charge on any atom is -0.369 e. The highest BCUT2D eigenvalue weighted by atomic mass is 32.3. The number of primary amides is 1. The topological polar surface area (TPSA) is 119 Å². The second-order valence-corrected chi connectivity index (χ2v) is 3.97. The average molecular weight is 238 g/mol. The smallest absolute Gasteiger partial charge is 0.369 e. The fourth-order valence-corrected chi connectivity index (χ4v) is 0.995. The largest absolute Gasteiger partial charge is 0.445 e. The Kier molecular flexibility index (Phi) is 5.26. The van der Waals surface area contributed by atoms with Gasteiger partial charge in [0.05, 0.1) is 5.57 Å². The maximum absolute atomic E-state index is 10.8. The van der Waals surface area contributed by atoms with Gasteiger partial charge in [0.15, 0.2) is 0 Å². The van der Waals surface area contributed by atoms with Crippen molar-refractivity contribution < 1.29 is 21.9 Å². The van der Waals surface area contributed by atoms with Gasteiger partial charge in [0.2, 0.25) is 5.91 Å². The molecule has 0 bridgehead atoms. The third-order valence-corrected chi connectivity index (χ3v) is 1.99. The first-order chi connectivity index (χ1) is 6.76. The van der Waals surface area contributed by atoms with E-state index in [0.717, 1.165) is 0 Å². The molecule has 8 heteroatoms. The molecule has 0 aromatic carbocycles. The fourth-order valence-electron chi connectivity index (χ4n) is 0.758. The summed E-state index contributed by atoms with van der Waals surface area (Å²) in [7, 11) is -2.93. The van der Waals surface area contributed by atoms with E-state index in [1.54, 1.807) is 14.0 Å². The molecule has 0 aliphatic carbocycles. The van der Waals surface area contributed by atoms with Crippen molar-refractivity contribution in [2.75, 3.05) is 7.05 Å². The summed E-state index contributed by atoms with van der Waals surface area (Å²) in [5.74, 6) is -0.805. The molecule has 1 unspecified atom stereocenters. The number of hydrogen-bond acceptors (Lipinski definition) is 5. The van der Waals surface area contributed by atoms with Crippen LogP contribution in [-0.2, 0) is 19.4 Å². The third kappa shape index (κ3) is 6.89. The maximum Gasteiger partial charge on any atom is 0.445 e. The van der Waals surface area contributed by atoms with Crippen molar-refractivity contribution in [1.82, 2.24) is 5.32 Å². The molecule has 0 saturated heterocycles. The first kappa shape index (κ1) is 13.9. The van der Waals surface area contributed by atoms with E-state index in [9.17, 15) is 13.2 Å². The van der Waals surface area contributed by atoms with E-state index in [-0.39, 0.29) is 18.0 Å². The Bertz CT molecular complexity index is 348. The molecular formula is C7H14N2O5S. The van der Waals surface area contributed by atoms with Gasteiger partial charge in [0.25, 0.3) is 0 Å². The molecule has 0 rings (SSSR count). The van der Waals surface area contributed by atoms with Crippen LogP contribution in [0.25, 0.3) is 0 Å². The first-order valence-electron chi connectivity index (χ1n) is 4.08. The summed E-state index contributed by atoms with van der Waals surface area (Å²) in [6, 6.07) is -0.0752. The van der Waals surface area contributed by atoms with Crippen molar-refractivity contribution in [3.63, 3.8) is 0 Å². The van der Waals surface area contributed by atoms with Crippen LogP contribution >= 0.6 is 0 Å². The van der Waals surface area contributed by atoms with Crippen molar-refractivity contribution in [2.45, 2.75) is 19.4 Å². The Morgan fingerprint density at radius 1 is 1.67 bits per heavy atom. The van der Waals surface area contributed by atoms with Gasteiger partial charge >= 0.3 is 10.4 Å². The lowest BCUT2D eigenvalue weighted by molar-refractivity contribution is -0.114. The lowest BCUT2D eigenvalue weighted by Crippen LogP contribution is -2.26. The van der Waals surface area contributed by atoms with Crippen LogP contribution in [0.3, 0.4) is 0 Å². The molecule has 0 heterocycles. The minimum atomic E-state index is -4.60. The molecule has 88 valence electrons. The maximum atomic E-state index is 10.8. The zero-order valence-electron chi connectivity index (χ0n) is 8.43. The predicted molar refractivity (Wildman–Crippen MR) is 53.0 cm³/mol. The second-order valence-electron chi connectivity index (χ2n) is 2.93. The Balaban J connectivity index is 4.60. The molecule has 0 aromatic heterocycles. The van der Waals surface area contributed by atoms with Crippen molar-refractivity contribution in [3.8, 4) is 0 Å². The molecule has 0 saturated carbocycles. The molecule has 0 aliphatic rings. The number of nitrogens with two attached hydrogens (primary N) is 1. The summed E-state index contributed by atoms with van der Waals surface area (Å²) in [6.07, 6.45) is 0.826. The molecule has 0 fully saturated rings. The predicted octanol–water partition coefficient (Wildman–Crippen LogP) is -0.827. The Hall–Kier alpha value is -1.12. The van der Waals surface area contributed by atoms with E-state index >= 15 is 0 Å². The number of rotatable bonds is 6. The molecule has 0 radical (unpaired) electrons. The highest BCUT2D eigenvalue weighted by molar-refractivity contribution is 7.81. The SMILES string of the molecule is CNC(C)C/C(=C\OS(=O)(=O)O)C(N)=O. The average Bonchev–Trinajstić information content (AvgIpc) is 2.09. The Morgan fingerprint density at radius 3 is 2.53 bits per heavy atom. The zero-order chi connectivity index (χ0) is 12.1. The van der Waals surface area contributed by atoms with E-state index < -0.39 is 16.3 Å². The van der Waals surface area contributed by atoms with Gasteiger partial charge in [0.1, 0.15) is 6.26 Å². The van der Waals surface area contributed by atoms with E-state index in [1.165, 1.54) is 0 Å². The molecule has 4 N–H and O–H groups in total. The summed E-state index contributed by atoms with van der Waals surface area (Å²) in [4.78, 5) is 10.8. The lowest BCUT2D eigenvalue weighted by Gasteiger charge is -2.10. The number of carbonyl (C=O) groups excluding carboxylic acids is 1. The molecule has 7 nitrogen and oxygen atoms in total. The molecule has 15 heavy (non-hydrogen) atoms. The second kappa shape index (κ2) is 5.69. The standard InChI is InChI=1S/C7H14N2O5S/c1-5(9-2)3-6(7(8)10)4-14-15(11,12)13/h4-5,9H,3H2,1-2H3,(H2,8,10)(H,11,12,13)/b6-4+. The van der Waals surface area contributed by atoms with Gasteiger partial charge in [-0.1, -0.05) is 0 Å². The van der Waals surface area contributed by atoms with Crippen LogP contribution in [0.4, 0.5) is 0 Å². The zero-order valence-corrected chi connectivity index (χ0v) is 9.24. The van der Waals surface area contributed by atoms with Crippen LogP contribution < -0.4 is 11.1 Å². The fraction of sp³-hybridized carbons (Fsp3) is 0.571. The Morgan fingerprint density at radius 2 is 2.20 bits per heavy atom. The van der Waals surface area contributed by atoms with E-state index in [4.69, 9.17) is 10.3 Å². The van der Waals surface area contributed by atoms with Crippen molar-refractivity contribution in [1.29, 1.82) is 0 Å². The van der Waals surface area contributed by atoms with Crippen LogP contribution in [0.15, 0.2) is 11.8 Å². The van der Waals surface area contributed by atoms with Crippen LogP contribution in [0.1, 0.15) is 13.3 Å². The van der Waals surface area contributed by atoms with Crippen LogP contribution in [0.5, 0.6) is 0 Å². The minimum absolute atomic E-state index is 0.0329. The highest BCUT2D eigenvalue weighted by Crippen LogP contribution is 2.06. The first-order valence-corrected chi connectivity index (χ1v) is 5.44. The van der Waals surface area contributed by atoms with Crippen LogP contribution in [-0.4, -0.2) is 32.0 Å². The van der Waals surface area contributed by atoms with Gasteiger partial charge in [-0.3, -0.25) is 9.35 Å². The molecular weight excluding hydrogens is 224 g/mol. The van der Waals surface area contributed by atoms with Crippen molar-refractivity contribution in [3.05, 3.63) is 11.8 Å². The molecule has 0 spiro atoms. The quantitative estimate of drug-likeness (QED) is 0.316. The molecule has 1 atom stereocenters. The summed E-state index contributed by atoms with van der Waals surface area (Å²) < 4.78 is 32.7. The number of hydrogen-bond donors (Lipinski definition) is 3. The van der Waals surface area contributed by atoms with Crippen molar-refractivity contribution >= 4 is 16.3 Å².